The molecule has 0 radical (unpaired) electrons. The first-order chi connectivity index (χ1) is 12.5. The largest absolute Gasteiger partial charge is 0.379 e. The number of nitrogens with zero attached hydrogens (tertiary/aromatic N) is 3. The monoisotopic (exact) mass is 363 g/mol. The summed E-state index contributed by atoms with van der Waals surface area (Å²) in [4.78, 5) is 20.9. The van der Waals surface area contributed by atoms with E-state index in [-0.39, 0.29) is 6.03 Å². The van der Waals surface area contributed by atoms with E-state index >= 15 is 0 Å². The fraction of sp³-hybridized carbons (Fsp3) is 0.684. The first-order valence-corrected chi connectivity index (χ1v) is 9.41. The first kappa shape index (κ1) is 20.5. The van der Waals surface area contributed by atoms with Crippen LogP contribution in [0.5, 0.6) is 0 Å². The van der Waals surface area contributed by atoms with Crippen molar-refractivity contribution in [2.75, 3.05) is 51.8 Å². The SMILES string of the molecule is CC(C)CC(CNC(=O)NCc1ccc(N(C)C)nc1)N1CCOCC1. The van der Waals surface area contributed by atoms with Crippen LogP contribution in [-0.4, -0.2) is 68.9 Å². The quantitative estimate of drug-likeness (QED) is 0.736. The Kier molecular flexibility index (Phi) is 8.12. The molecule has 1 aliphatic heterocycles. The lowest BCUT2D eigenvalue weighted by Gasteiger charge is -2.35. The molecule has 2 rings (SSSR count). The number of amides is 2. The Bertz CT molecular complexity index is 541. The second kappa shape index (κ2) is 10.3. The van der Waals surface area contributed by atoms with E-state index in [4.69, 9.17) is 4.74 Å². The van der Waals surface area contributed by atoms with Gasteiger partial charge < -0.3 is 20.3 Å². The molecular formula is C19H33N5O2. The molecular weight excluding hydrogens is 330 g/mol. The molecule has 26 heavy (non-hydrogen) atoms. The van der Waals surface area contributed by atoms with Gasteiger partial charge in [0.1, 0.15) is 5.82 Å². The summed E-state index contributed by atoms with van der Waals surface area (Å²) in [5.74, 6) is 1.49. The lowest BCUT2D eigenvalue weighted by molar-refractivity contribution is 0.0129. The number of pyridine rings is 1. The lowest BCUT2D eigenvalue weighted by atomic mass is 10.0. The Morgan fingerprint density at radius 3 is 2.58 bits per heavy atom. The zero-order valence-corrected chi connectivity index (χ0v) is 16.5. The number of carbonyl (C=O) groups is 1. The zero-order chi connectivity index (χ0) is 18.9. The van der Waals surface area contributed by atoms with Crippen LogP contribution in [0.3, 0.4) is 0 Å². The van der Waals surface area contributed by atoms with E-state index in [9.17, 15) is 4.79 Å². The highest BCUT2D eigenvalue weighted by molar-refractivity contribution is 5.73. The predicted octanol–water partition coefficient (Wildman–Crippen LogP) is 1.69. The summed E-state index contributed by atoms with van der Waals surface area (Å²) in [7, 11) is 3.91. The van der Waals surface area contributed by atoms with Gasteiger partial charge in [-0.1, -0.05) is 19.9 Å². The van der Waals surface area contributed by atoms with Crippen molar-refractivity contribution in [1.82, 2.24) is 20.5 Å². The average molecular weight is 364 g/mol. The summed E-state index contributed by atoms with van der Waals surface area (Å²) in [6, 6.07) is 4.15. The Morgan fingerprint density at radius 2 is 2.00 bits per heavy atom. The van der Waals surface area contributed by atoms with Crippen molar-refractivity contribution >= 4 is 11.8 Å². The number of nitrogens with one attached hydrogen (secondary N) is 2. The van der Waals surface area contributed by atoms with Gasteiger partial charge in [-0.2, -0.15) is 0 Å². The molecule has 0 aromatic carbocycles. The van der Waals surface area contributed by atoms with Crippen LogP contribution in [0.2, 0.25) is 0 Å². The van der Waals surface area contributed by atoms with E-state index in [0.717, 1.165) is 44.1 Å². The summed E-state index contributed by atoms with van der Waals surface area (Å²) in [6.07, 6.45) is 2.86. The maximum absolute atomic E-state index is 12.2. The van der Waals surface area contributed by atoms with E-state index in [1.54, 1.807) is 6.20 Å². The first-order valence-electron chi connectivity index (χ1n) is 9.41. The Labute approximate surface area is 157 Å². The van der Waals surface area contributed by atoms with Crippen molar-refractivity contribution in [3.8, 4) is 0 Å². The van der Waals surface area contributed by atoms with E-state index in [0.29, 0.717) is 25.0 Å². The number of hydrogen-bond acceptors (Lipinski definition) is 5. The fourth-order valence-electron chi connectivity index (χ4n) is 3.09. The molecule has 0 saturated carbocycles. The molecule has 1 aromatic rings. The molecule has 1 saturated heterocycles. The maximum atomic E-state index is 12.2. The fourth-order valence-corrected chi connectivity index (χ4v) is 3.09. The molecule has 2 N–H and O–H groups in total. The van der Waals surface area contributed by atoms with E-state index in [1.165, 1.54) is 0 Å². The van der Waals surface area contributed by atoms with Crippen LogP contribution in [-0.2, 0) is 11.3 Å². The number of morpholine rings is 1. The molecule has 0 aliphatic carbocycles. The van der Waals surface area contributed by atoms with Crippen molar-refractivity contribution in [1.29, 1.82) is 0 Å². The molecule has 2 heterocycles. The number of carbonyl (C=O) groups excluding carboxylic acids is 1. The third-order valence-corrected chi connectivity index (χ3v) is 4.52. The summed E-state index contributed by atoms with van der Waals surface area (Å²) < 4.78 is 5.44. The zero-order valence-electron chi connectivity index (χ0n) is 16.5. The molecule has 7 heteroatoms. The molecule has 7 nitrogen and oxygen atoms in total. The highest BCUT2D eigenvalue weighted by atomic mass is 16.5. The summed E-state index contributed by atoms with van der Waals surface area (Å²) in [5, 5.41) is 5.94. The second-order valence-electron chi connectivity index (χ2n) is 7.41. The van der Waals surface area contributed by atoms with Crippen molar-refractivity contribution in [3.63, 3.8) is 0 Å². The number of aromatic nitrogens is 1. The van der Waals surface area contributed by atoms with Gasteiger partial charge in [0.15, 0.2) is 0 Å². The molecule has 1 atom stereocenters. The van der Waals surface area contributed by atoms with Gasteiger partial charge in [-0.15, -0.1) is 0 Å². The highest BCUT2D eigenvalue weighted by Gasteiger charge is 2.22. The van der Waals surface area contributed by atoms with Crippen LogP contribution in [0, 0.1) is 5.92 Å². The second-order valence-corrected chi connectivity index (χ2v) is 7.41. The third kappa shape index (κ3) is 6.80. The molecule has 146 valence electrons. The van der Waals surface area contributed by atoms with Crippen molar-refractivity contribution in [2.45, 2.75) is 32.9 Å². The minimum atomic E-state index is -0.135. The molecule has 1 aromatic heterocycles. The van der Waals surface area contributed by atoms with Crippen LogP contribution < -0.4 is 15.5 Å². The van der Waals surface area contributed by atoms with Gasteiger partial charge in [-0.25, -0.2) is 9.78 Å². The molecule has 2 amide bonds. The molecule has 0 spiro atoms. The number of rotatable bonds is 8. The maximum Gasteiger partial charge on any atom is 0.315 e. The topological polar surface area (TPSA) is 69.7 Å². The van der Waals surface area contributed by atoms with E-state index < -0.39 is 0 Å². The van der Waals surface area contributed by atoms with E-state index in [2.05, 4.69) is 34.4 Å². The predicted molar refractivity (Wildman–Crippen MR) is 104 cm³/mol. The molecule has 1 unspecified atom stereocenters. The Balaban J connectivity index is 1.77. The van der Waals surface area contributed by atoms with Crippen molar-refractivity contribution < 1.29 is 9.53 Å². The smallest absolute Gasteiger partial charge is 0.315 e. The van der Waals surface area contributed by atoms with E-state index in [1.807, 2.05) is 31.1 Å². The van der Waals surface area contributed by atoms with Crippen molar-refractivity contribution in [2.24, 2.45) is 5.92 Å². The van der Waals surface area contributed by atoms with Gasteiger partial charge in [0.25, 0.3) is 0 Å². The van der Waals surface area contributed by atoms with Gasteiger partial charge >= 0.3 is 6.03 Å². The molecule has 1 aliphatic rings. The van der Waals surface area contributed by atoms with Crippen molar-refractivity contribution in [3.05, 3.63) is 23.9 Å². The summed E-state index contributed by atoms with van der Waals surface area (Å²) in [5.41, 5.74) is 0.984. The number of anilines is 1. The minimum absolute atomic E-state index is 0.135. The van der Waals surface area contributed by atoms with Crippen LogP contribution in [0.4, 0.5) is 10.6 Å². The van der Waals surface area contributed by atoms with Gasteiger partial charge in [0.05, 0.1) is 13.2 Å². The number of urea groups is 1. The normalized spacial score (nSPS) is 16.3. The van der Waals surface area contributed by atoms with Gasteiger partial charge in [-0.3, -0.25) is 4.90 Å². The summed E-state index contributed by atoms with van der Waals surface area (Å²) >= 11 is 0. The van der Waals surface area contributed by atoms with Crippen LogP contribution in [0.25, 0.3) is 0 Å². The minimum Gasteiger partial charge on any atom is -0.379 e. The molecule has 1 fully saturated rings. The number of ether oxygens (including phenoxy) is 1. The Morgan fingerprint density at radius 1 is 1.27 bits per heavy atom. The van der Waals surface area contributed by atoms with Crippen LogP contribution in [0.1, 0.15) is 25.8 Å². The van der Waals surface area contributed by atoms with Crippen LogP contribution in [0.15, 0.2) is 18.3 Å². The van der Waals surface area contributed by atoms with Gasteiger partial charge in [0, 0.05) is 52.5 Å². The van der Waals surface area contributed by atoms with Crippen LogP contribution >= 0.6 is 0 Å². The third-order valence-electron chi connectivity index (χ3n) is 4.52. The number of hydrogen-bond donors (Lipinski definition) is 2. The lowest BCUT2D eigenvalue weighted by Crippen LogP contribution is -2.50. The molecule has 0 bridgehead atoms. The Hall–Kier alpha value is -1.86. The standard InChI is InChI=1S/C19H33N5O2/c1-15(2)11-17(24-7-9-26-10-8-24)14-22-19(25)21-13-16-5-6-18(20-12-16)23(3)4/h5-6,12,15,17H,7-11,13-14H2,1-4H3,(H2,21,22,25). The highest BCUT2D eigenvalue weighted by Crippen LogP contribution is 2.13. The average Bonchev–Trinajstić information content (AvgIpc) is 2.64. The van der Waals surface area contributed by atoms with Gasteiger partial charge in [0.2, 0.25) is 0 Å². The van der Waals surface area contributed by atoms with Gasteiger partial charge in [-0.05, 0) is 24.0 Å². The summed E-state index contributed by atoms with van der Waals surface area (Å²) in [6.45, 7) is 8.99.